The summed E-state index contributed by atoms with van der Waals surface area (Å²) in [6.45, 7) is 3.84. The molecular weight excluding hydrogens is 319 g/mol. The number of nitrogens with zero attached hydrogens (tertiary/aromatic N) is 3. The lowest BCUT2D eigenvalue weighted by atomic mass is 10.00. The largest absolute Gasteiger partial charge is 0.416 e. The quantitative estimate of drug-likeness (QED) is 0.641. The van der Waals surface area contributed by atoms with Crippen LogP contribution in [0.15, 0.2) is 34.3 Å². The summed E-state index contributed by atoms with van der Waals surface area (Å²) in [6, 6.07) is 4.97. The summed E-state index contributed by atoms with van der Waals surface area (Å²) in [5, 5.41) is 0. The molecule has 0 unspecified atom stereocenters. The standard InChI is InChI=1S/C16H22F3N5/c1-11-5-7-24(8-6-11)15(21)23-14(20)22-10-12-3-2-4-13(9-12)16(17,18)19/h2-4,9,11H,5-8,10H2,1H3,(H4,20,21,22,23). The number of likely N-dealkylation sites (tertiary alicyclic amines) is 1. The number of benzene rings is 1. The Hall–Kier alpha value is -2.25. The van der Waals surface area contributed by atoms with E-state index in [1.54, 1.807) is 6.07 Å². The maximum absolute atomic E-state index is 12.7. The molecule has 1 saturated heterocycles. The van der Waals surface area contributed by atoms with E-state index in [4.69, 9.17) is 11.5 Å². The highest BCUT2D eigenvalue weighted by Gasteiger charge is 2.30. The Morgan fingerprint density at radius 2 is 1.92 bits per heavy atom. The second-order valence-corrected chi connectivity index (χ2v) is 6.01. The second-order valence-electron chi connectivity index (χ2n) is 6.01. The topological polar surface area (TPSA) is 80.0 Å². The van der Waals surface area contributed by atoms with Crippen molar-refractivity contribution in [2.45, 2.75) is 32.5 Å². The molecule has 0 radical (unpaired) electrons. The summed E-state index contributed by atoms with van der Waals surface area (Å²) >= 11 is 0. The summed E-state index contributed by atoms with van der Waals surface area (Å²) in [6.07, 6.45) is -2.30. The van der Waals surface area contributed by atoms with Gasteiger partial charge in [0.2, 0.25) is 5.96 Å². The van der Waals surface area contributed by atoms with Gasteiger partial charge in [-0.3, -0.25) is 0 Å². The van der Waals surface area contributed by atoms with E-state index >= 15 is 0 Å². The van der Waals surface area contributed by atoms with Crippen LogP contribution < -0.4 is 11.5 Å². The van der Waals surface area contributed by atoms with Gasteiger partial charge >= 0.3 is 6.18 Å². The second kappa shape index (κ2) is 7.55. The summed E-state index contributed by atoms with van der Waals surface area (Å²) in [5.74, 6) is 0.927. The molecule has 5 nitrogen and oxygen atoms in total. The molecule has 132 valence electrons. The summed E-state index contributed by atoms with van der Waals surface area (Å²) < 4.78 is 38.0. The van der Waals surface area contributed by atoms with Crippen LogP contribution in [0.4, 0.5) is 13.2 Å². The maximum Gasteiger partial charge on any atom is 0.416 e. The predicted molar refractivity (Wildman–Crippen MR) is 88.4 cm³/mol. The molecule has 0 spiro atoms. The normalized spacial score (nSPS) is 18.1. The lowest BCUT2D eigenvalue weighted by Crippen LogP contribution is -2.43. The average molecular weight is 341 g/mol. The predicted octanol–water partition coefficient (Wildman–Crippen LogP) is 2.57. The monoisotopic (exact) mass is 341 g/mol. The Kier molecular flexibility index (Phi) is 5.69. The van der Waals surface area contributed by atoms with Gasteiger partial charge in [-0.2, -0.15) is 18.2 Å². The molecule has 1 aliphatic heterocycles. The van der Waals surface area contributed by atoms with Crippen molar-refractivity contribution >= 4 is 11.9 Å². The van der Waals surface area contributed by atoms with Crippen molar-refractivity contribution in [1.82, 2.24) is 4.90 Å². The molecule has 1 aromatic rings. The van der Waals surface area contributed by atoms with E-state index in [2.05, 4.69) is 16.9 Å². The highest BCUT2D eigenvalue weighted by atomic mass is 19.4. The first-order valence-electron chi connectivity index (χ1n) is 7.81. The van der Waals surface area contributed by atoms with Crippen molar-refractivity contribution in [2.24, 2.45) is 27.4 Å². The van der Waals surface area contributed by atoms with Gasteiger partial charge in [0.25, 0.3) is 0 Å². The van der Waals surface area contributed by atoms with Crippen LogP contribution in [-0.4, -0.2) is 29.9 Å². The number of rotatable bonds is 2. The van der Waals surface area contributed by atoms with Crippen LogP contribution >= 0.6 is 0 Å². The molecule has 2 rings (SSSR count). The molecular formula is C16H22F3N5. The fraction of sp³-hybridized carbons (Fsp3) is 0.500. The zero-order valence-corrected chi connectivity index (χ0v) is 13.6. The Morgan fingerprint density at radius 1 is 1.25 bits per heavy atom. The fourth-order valence-corrected chi connectivity index (χ4v) is 2.48. The molecule has 1 aliphatic rings. The number of guanidine groups is 2. The molecule has 1 fully saturated rings. The molecule has 0 saturated carbocycles. The minimum absolute atomic E-state index is 0.0174. The summed E-state index contributed by atoms with van der Waals surface area (Å²) in [5.41, 5.74) is 11.3. The van der Waals surface area contributed by atoms with Crippen molar-refractivity contribution in [1.29, 1.82) is 0 Å². The van der Waals surface area contributed by atoms with Gasteiger partial charge in [0.1, 0.15) is 0 Å². The van der Waals surface area contributed by atoms with E-state index < -0.39 is 11.7 Å². The highest BCUT2D eigenvalue weighted by Crippen LogP contribution is 2.29. The summed E-state index contributed by atoms with van der Waals surface area (Å²) in [4.78, 5) is 9.98. The van der Waals surface area contributed by atoms with Gasteiger partial charge in [0.15, 0.2) is 5.96 Å². The number of halogens is 3. The number of nitrogens with two attached hydrogens (primary N) is 2. The zero-order chi connectivity index (χ0) is 17.7. The minimum Gasteiger partial charge on any atom is -0.369 e. The molecule has 0 aromatic heterocycles. The van der Waals surface area contributed by atoms with E-state index in [0.29, 0.717) is 17.4 Å². The number of aliphatic imine (C=N–C) groups is 2. The summed E-state index contributed by atoms with van der Waals surface area (Å²) in [7, 11) is 0. The first-order valence-corrected chi connectivity index (χ1v) is 7.81. The molecule has 1 aromatic carbocycles. The Labute approximate surface area is 139 Å². The van der Waals surface area contributed by atoms with Crippen LogP contribution in [0.5, 0.6) is 0 Å². The smallest absolute Gasteiger partial charge is 0.369 e. The van der Waals surface area contributed by atoms with E-state index in [9.17, 15) is 13.2 Å². The van der Waals surface area contributed by atoms with E-state index in [0.717, 1.165) is 38.1 Å². The van der Waals surface area contributed by atoms with Crippen LogP contribution in [0.2, 0.25) is 0 Å². The van der Waals surface area contributed by atoms with Crippen LogP contribution in [0.25, 0.3) is 0 Å². The van der Waals surface area contributed by atoms with Gasteiger partial charge in [0.05, 0.1) is 12.1 Å². The van der Waals surface area contributed by atoms with Crippen molar-refractivity contribution < 1.29 is 13.2 Å². The van der Waals surface area contributed by atoms with E-state index in [1.165, 1.54) is 6.07 Å². The van der Waals surface area contributed by atoms with Crippen molar-refractivity contribution in [2.75, 3.05) is 13.1 Å². The van der Waals surface area contributed by atoms with Gasteiger partial charge in [0, 0.05) is 13.1 Å². The van der Waals surface area contributed by atoms with E-state index in [-0.39, 0.29) is 12.5 Å². The lowest BCUT2D eigenvalue weighted by molar-refractivity contribution is -0.137. The zero-order valence-electron chi connectivity index (χ0n) is 13.6. The molecule has 0 atom stereocenters. The SMILES string of the molecule is CC1CCN(/C(N)=N/C(N)=NCc2cccc(C(F)(F)F)c2)CC1. The van der Waals surface area contributed by atoms with Gasteiger partial charge < -0.3 is 16.4 Å². The average Bonchev–Trinajstić information content (AvgIpc) is 2.53. The number of alkyl halides is 3. The first kappa shape index (κ1) is 18.1. The maximum atomic E-state index is 12.7. The Morgan fingerprint density at radius 3 is 2.54 bits per heavy atom. The van der Waals surface area contributed by atoms with Crippen LogP contribution in [0, 0.1) is 5.92 Å². The van der Waals surface area contributed by atoms with Gasteiger partial charge in [-0.05, 0) is 36.5 Å². The Bertz CT molecular complexity index is 616. The van der Waals surface area contributed by atoms with Crippen LogP contribution in [0.1, 0.15) is 30.9 Å². The third-order valence-corrected chi connectivity index (χ3v) is 4.01. The number of hydrogen-bond donors (Lipinski definition) is 2. The van der Waals surface area contributed by atoms with Crippen LogP contribution in [-0.2, 0) is 12.7 Å². The molecule has 24 heavy (non-hydrogen) atoms. The number of piperidine rings is 1. The fourth-order valence-electron chi connectivity index (χ4n) is 2.48. The van der Waals surface area contributed by atoms with Crippen molar-refractivity contribution in [3.63, 3.8) is 0 Å². The molecule has 0 bridgehead atoms. The van der Waals surface area contributed by atoms with Crippen LogP contribution in [0.3, 0.4) is 0 Å². The van der Waals surface area contributed by atoms with Gasteiger partial charge in [-0.15, -0.1) is 0 Å². The lowest BCUT2D eigenvalue weighted by Gasteiger charge is -2.30. The van der Waals surface area contributed by atoms with Gasteiger partial charge in [-0.1, -0.05) is 19.1 Å². The first-order chi connectivity index (χ1) is 11.3. The number of hydrogen-bond acceptors (Lipinski definition) is 1. The van der Waals surface area contributed by atoms with Crippen molar-refractivity contribution in [3.05, 3.63) is 35.4 Å². The third kappa shape index (κ3) is 5.14. The molecule has 0 amide bonds. The molecule has 1 heterocycles. The van der Waals surface area contributed by atoms with Crippen molar-refractivity contribution in [3.8, 4) is 0 Å². The van der Waals surface area contributed by atoms with E-state index in [1.807, 2.05) is 4.90 Å². The van der Waals surface area contributed by atoms with Gasteiger partial charge in [-0.25, -0.2) is 4.99 Å². The Balaban J connectivity index is 2.00. The highest BCUT2D eigenvalue weighted by molar-refractivity contribution is 5.93. The molecule has 0 aliphatic carbocycles. The minimum atomic E-state index is -4.38. The molecule has 4 N–H and O–H groups in total. The third-order valence-electron chi connectivity index (χ3n) is 4.01. The molecule has 8 heteroatoms.